The van der Waals surface area contributed by atoms with E-state index in [9.17, 15) is 24.1 Å². The van der Waals surface area contributed by atoms with E-state index in [0.717, 1.165) is 11.1 Å². The number of rotatable bonds is 8. The van der Waals surface area contributed by atoms with Gasteiger partial charge in [-0.2, -0.15) is 5.10 Å². The average Bonchev–Trinajstić information content (AvgIpc) is 2.71. The Morgan fingerprint density at radius 3 is 2.38 bits per heavy atom. The number of anilines is 1. The predicted octanol–water partition coefficient (Wildman–Crippen LogP) is 3.32. The van der Waals surface area contributed by atoms with Crippen molar-refractivity contribution in [2.24, 2.45) is 11.0 Å². The summed E-state index contributed by atoms with van der Waals surface area (Å²) >= 11 is 0. The predicted molar refractivity (Wildman–Crippen MR) is 102 cm³/mol. The zero-order valence-corrected chi connectivity index (χ0v) is 15.9. The quantitative estimate of drug-likeness (QED) is 0.167. The Kier molecular flexibility index (Phi) is 6.96. The third-order valence-electron chi connectivity index (χ3n) is 4.01. The first-order valence-corrected chi connectivity index (χ1v) is 8.36. The van der Waals surface area contributed by atoms with Gasteiger partial charge in [-0.3, -0.25) is 19.7 Å². The molecule has 2 rings (SSSR count). The normalized spacial score (nSPS) is 12.1. The van der Waals surface area contributed by atoms with Gasteiger partial charge < -0.3 is 9.47 Å². The van der Waals surface area contributed by atoms with Crippen LogP contribution in [0.1, 0.15) is 13.8 Å². The second-order valence-corrected chi connectivity index (χ2v) is 5.90. The van der Waals surface area contributed by atoms with Crippen LogP contribution in [-0.4, -0.2) is 30.1 Å². The maximum absolute atomic E-state index is 14.2. The molecular formula is C19H18FN3O6. The summed E-state index contributed by atoms with van der Waals surface area (Å²) < 4.78 is 24.2. The van der Waals surface area contributed by atoms with Gasteiger partial charge in [0, 0.05) is 23.9 Å². The number of ether oxygens (including phenoxy) is 2. The highest BCUT2D eigenvalue weighted by atomic mass is 19.1. The minimum absolute atomic E-state index is 0.115. The molecular weight excluding hydrogens is 385 g/mol. The summed E-state index contributed by atoms with van der Waals surface area (Å²) in [7, 11) is 1.38. The van der Waals surface area contributed by atoms with Crippen LogP contribution >= 0.6 is 0 Å². The number of hydrazone groups is 1. The average molecular weight is 403 g/mol. The summed E-state index contributed by atoms with van der Waals surface area (Å²) in [6.07, 6.45) is 0.308. The molecule has 1 atom stereocenters. The topological polar surface area (TPSA) is 111 Å². The first kappa shape index (κ1) is 21.5. The fourth-order valence-corrected chi connectivity index (χ4v) is 2.20. The Bertz CT molecular complexity index is 945. The van der Waals surface area contributed by atoms with Gasteiger partial charge in [0.15, 0.2) is 5.82 Å². The third kappa shape index (κ3) is 5.34. The molecule has 0 heterocycles. The molecule has 2 aromatic carbocycles. The van der Waals surface area contributed by atoms with Crippen molar-refractivity contribution < 1.29 is 28.4 Å². The Morgan fingerprint density at radius 1 is 1.24 bits per heavy atom. The number of non-ortho nitro benzene ring substituents is 1. The van der Waals surface area contributed by atoms with Crippen molar-refractivity contribution in [3.63, 3.8) is 0 Å². The minimum atomic E-state index is -0.867. The number of benzene rings is 2. The van der Waals surface area contributed by atoms with E-state index in [4.69, 9.17) is 9.47 Å². The second-order valence-electron chi connectivity index (χ2n) is 5.90. The zero-order chi connectivity index (χ0) is 21.6. The Morgan fingerprint density at radius 2 is 1.86 bits per heavy atom. The van der Waals surface area contributed by atoms with Gasteiger partial charge in [-0.05, 0) is 38.1 Å². The lowest BCUT2D eigenvalue weighted by atomic mass is 10.1. The number of halogens is 1. The molecule has 1 amide bonds. The van der Waals surface area contributed by atoms with Gasteiger partial charge in [-0.25, -0.2) is 9.40 Å². The highest BCUT2D eigenvalue weighted by Gasteiger charge is 2.21. The number of nitro groups is 1. The summed E-state index contributed by atoms with van der Waals surface area (Å²) in [5.41, 5.74) is -0.0611. The number of carbonyl (C=O) groups is 2. The van der Waals surface area contributed by atoms with Gasteiger partial charge in [-0.1, -0.05) is 0 Å². The molecule has 29 heavy (non-hydrogen) atoms. The van der Waals surface area contributed by atoms with Crippen LogP contribution in [0.4, 0.5) is 15.8 Å². The van der Waals surface area contributed by atoms with Crippen LogP contribution in [0.5, 0.6) is 11.5 Å². The maximum Gasteiger partial charge on any atom is 0.319 e. The van der Waals surface area contributed by atoms with Crippen molar-refractivity contribution in [2.75, 3.05) is 12.1 Å². The van der Waals surface area contributed by atoms with Crippen molar-refractivity contribution in [2.45, 2.75) is 13.8 Å². The van der Waals surface area contributed by atoms with E-state index in [-0.39, 0.29) is 28.6 Å². The van der Waals surface area contributed by atoms with Gasteiger partial charge in [0.05, 0.1) is 18.0 Å². The molecule has 10 heteroatoms. The van der Waals surface area contributed by atoms with Crippen molar-refractivity contribution in [3.8, 4) is 11.5 Å². The van der Waals surface area contributed by atoms with Crippen LogP contribution in [-0.2, 0) is 9.59 Å². The fourth-order valence-electron chi connectivity index (χ4n) is 2.20. The van der Waals surface area contributed by atoms with Crippen LogP contribution in [0.25, 0.3) is 0 Å². The summed E-state index contributed by atoms with van der Waals surface area (Å²) in [6.45, 7) is 2.99. The molecule has 2 aromatic rings. The maximum atomic E-state index is 14.2. The van der Waals surface area contributed by atoms with E-state index in [1.807, 2.05) is 0 Å². The lowest BCUT2D eigenvalue weighted by Crippen LogP contribution is -2.27. The summed E-state index contributed by atoms with van der Waals surface area (Å²) in [5.74, 6) is -1.89. The smallest absolute Gasteiger partial charge is 0.319 e. The number of hydrogen-bond acceptors (Lipinski definition) is 7. The largest absolute Gasteiger partial charge is 0.497 e. The molecule has 1 unspecified atom stereocenters. The Labute approximate surface area is 165 Å². The van der Waals surface area contributed by atoms with Gasteiger partial charge in [0.1, 0.15) is 17.2 Å². The molecule has 0 saturated heterocycles. The standard InChI is InChI=1S/C19H18FN3O6/c1-12(19(25)29-15-6-4-14(5-7-15)23(26)27)13(2)21-22(11-24)18-9-8-16(28-3)10-17(18)20/h4-12H,1-3H3/b21-13-. The molecule has 0 aliphatic heterocycles. The number of esters is 1. The Hall–Kier alpha value is -3.82. The number of nitrogens with zero attached hydrogens (tertiary/aromatic N) is 3. The van der Waals surface area contributed by atoms with Crippen LogP contribution in [0.3, 0.4) is 0 Å². The Balaban J connectivity index is 2.14. The minimum Gasteiger partial charge on any atom is -0.497 e. The van der Waals surface area contributed by atoms with E-state index in [1.165, 1.54) is 57.4 Å². The van der Waals surface area contributed by atoms with E-state index >= 15 is 0 Å². The molecule has 0 saturated carbocycles. The number of amides is 1. The highest BCUT2D eigenvalue weighted by molar-refractivity contribution is 6.02. The van der Waals surface area contributed by atoms with Crippen LogP contribution in [0.2, 0.25) is 0 Å². The number of carbonyl (C=O) groups excluding carboxylic acids is 2. The lowest BCUT2D eigenvalue weighted by Gasteiger charge is -2.16. The SMILES string of the molecule is COc1ccc(N(C=O)/N=C(/C)C(C)C(=O)Oc2ccc([N+](=O)[O-])cc2)c(F)c1. The molecule has 0 aromatic heterocycles. The monoisotopic (exact) mass is 403 g/mol. The summed E-state index contributed by atoms with van der Waals surface area (Å²) in [6, 6.07) is 8.87. The molecule has 0 bridgehead atoms. The van der Waals surface area contributed by atoms with Crippen molar-refractivity contribution in [3.05, 3.63) is 58.4 Å². The van der Waals surface area contributed by atoms with Crippen LogP contribution in [0.15, 0.2) is 47.6 Å². The number of nitro benzene ring substituents is 1. The molecule has 0 aliphatic rings. The molecule has 0 spiro atoms. The first-order valence-electron chi connectivity index (χ1n) is 8.36. The van der Waals surface area contributed by atoms with Crippen molar-refractivity contribution in [1.82, 2.24) is 0 Å². The molecule has 0 fully saturated rings. The molecule has 0 radical (unpaired) electrons. The third-order valence-corrected chi connectivity index (χ3v) is 4.01. The molecule has 0 N–H and O–H groups in total. The van der Waals surface area contributed by atoms with Gasteiger partial charge in [0.2, 0.25) is 6.41 Å². The van der Waals surface area contributed by atoms with E-state index in [2.05, 4.69) is 5.10 Å². The van der Waals surface area contributed by atoms with E-state index in [0.29, 0.717) is 6.41 Å². The summed E-state index contributed by atoms with van der Waals surface area (Å²) in [4.78, 5) is 33.7. The first-order chi connectivity index (χ1) is 13.8. The molecule has 152 valence electrons. The van der Waals surface area contributed by atoms with Gasteiger partial charge >= 0.3 is 5.97 Å². The summed E-state index contributed by atoms with van der Waals surface area (Å²) in [5, 5.41) is 15.4. The van der Waals surface area contributed by atoms with Crippen molar-refractivity contribution in [1.29, 1.82) is 0 Å². The van der Waals surface area contributed by atoms with E-state index in [1.54, 1.807) is 0 Å². The number of hydrogen-bond donors (Lipinski definition) is 0. The molecule has 9 nitrogen and oxygen atoms in total. The number of methoxy groups -OCH3 is 1. The second kappa shape index (κ2) is 9.40. The highest BCUT2D eigenvalue weighted by Crippen LogP contribution is 2.24. The zero-order valence-electron chi connectivity index (χ0n) is 15.9. The lowest BCUT2D eigenvalue weighted by molar-refractivity contribution is -0.384. The van der Waals surface area contributed by atoms with Crippen molar-refractivity contribution >= 4 is 29.5 Å². The molecule has 0 aliphatic carbocycles. The van der Waals surface area contributed by atoms with Gasteiger partial charge in [-0.15, -0.1) is 0 Å². The van der Waals surface area contributed by atoms with Crippen LogP contribution in [0, 0.1) is 21.8 Å². The fraction of sp³-hybridized carbons (Fsp3) is 0.211. The van der Waals surface area contributed by atoms with Gasteiger partial charge in [0.25, 0.3) is 5.69 Å². The van der Waals surface area contributed by atoms with Crippen LogP contribution < -0.4 is 14.5 Å². The van der Waals surface area contributed by atoms with E-state index < -0.39 is 22.6 Å².